The lowest BCUT2D eigenvalue weighted by atomic mass is 10.1. The molecule has 2 aromatic carbocycles. The van der Waals surface area contributed by atoms with Crippen LogP contribution < -0.4 is 4.74 Å². The number of aromatic carboxylic acids is 1. The maximum absolute atomic E-state index is 11.3. The number of ether oxygens (including phenoxy) is 1. The number of nitrogens with one attached hydrogen (secondary N) is 1. The van der Waals surface area contributed by atoms with Gasteiger partial charge in [0.05, 0.1) is 21.8 Å². The average Bonchev–Trinajstić information content (AvgIpc) is 3.50. The van der Waals surface area contributed by atoms with Crippen molar-refractivity contribution in [3.05, 3.63) is 70.2 Å². The van der Waals surface area contributed by atoms with E-state index in [4.69, 9.17) is 16.3 Å². The SMILES string of the molecule is Cc1ccc(Oc2nc3nc(-c4ccc(C5CC5)cc4)c(Cl)cc3[nH]2)cc1C(=O)O. The van der Waals surface area contributed by atoms with Gasteiger partial charge in [-0.2, -0.15) is 4.98 Å². The lowest BCUT2D eigenvalue weighted by molar-refractivity contribution is 0.0695. The third-order valence-electron chi connectivity index (χ3n) is 5.29. The number of hydrogen-bond donors (Lipinski definition) is 2. The standard InChI is InChI=1S/C23H18ClN3O3/c1-12-2-9-16(10-17(12)22(28)29)30-23-25-19-11-18(24)20(26-21(19)27-23)15-7-5-14(6-8-15)13-3-4-13/h2,5-11,13H,3-4H2,1H3,(H,28,29)(H,25,26,27). The van der Waals surface area contributed by atoms with E-state index >= 15 is 0 Å². The van der Waals surface area contributed by atoms with Crippen molar-refractivity contribution >= 4 is 28.7 Å². The van der Waals surface area contributed by atoms with Gasteiger partial charge in [-0.3, -0.25) is 0 Å². The molecule has 0 spiro atoms. The molecular weight excluding hydrogens is 402 g/mol. The van der Waals surface area contributed by atoms with Crippen LogP contribution in [0.2, 0.25) is 5.02 Å². The highest BCUT2D eigenvalue weighted by molar-refractivity contribution is 6.33. The number of aryl methyl sites for hydroxylation is 1. The molecule has 5 rings (SSSR count). The summed E-state index contributed by atoms with van der Waals surface area (Å²) in [5.41, 5.74) is 4.90. The molecule has 0 saturated heterocycles. The van der Waals surface area contributed by atoms with Crippen molar-refractivity contribution in [1.82, 2.24) is 15.0 Å². The first-order valence-corrected chi connectivity index (χ1v) is 10.0. The molecule has 2 heterocycles. The number of carboxylic acid groups (broad SMARTS) is 1. The van der Waals surface area contributed by atoms with E-state index in [9.17, 15) is 9.90 Å². The topological polar surface area (TPSA) is 88.1 Å². The summed E-state index contributed by atoms with van der Waals surface area (Å²) in [6, 6.07) is 15.2. The van der Waals surface area contributed by atoms with E-state index in [1.165, 1.54) is 24.5 Å². The zero-order valence-electron chi connectivity index (χ0n) is 16.1. The van der Waals surface area contributed by atoms with E-state index in [2.05, 4.69) is 27.1 Å². The Labute approximate surface area is 177 Å². The Kier molecular flexibility index (Phi) is 4.44. The normalized spacial score (nSPS) is 13.5. The van der Waals surface area contributed by atoms with Crippen LogP contribution in [-0.4, -0.2) is 26.0 Å². The molecule has 0 bridgehead atoms. The number of H-pyrrole nitrogens is 1. The largest absolute Gasteiger partial charge is 0.478 e. The number of imidazole rings is 1. The molecule has 0 unspecified atom stereocenters. The fourth-order valence-corrected chi connectivity index (χ4v) is 3.74. The van der Waals surface area contributed by atoms with Crippen molar-refractivity contribution in [2.24, 2.45) is 0 Å². The van der Waals surface area contributed by atoms with Crippen LogP contribution in [0.25, 0.3) is 22.4 Å². The highest BCUT2D eigenvalue weighted by atomic mass is 35.5. The van der Waals surface area contributed by atoms with Gasteiger partial charge in [0.25, 0.3) is 0 Å². The number of rotatable bonds is 5. The molecule has 30 heavy (non-hydrogen) atoms. The van der Waals surface area contributed by atoms with Crippen LogP contribution in [0.3, 0.4) is 0 Å². The number of carbonyl (C=O) groups is 1. The molecular formula is C23H18ClN3O3. The van der Waals surface area contributed by atoms with Crippen LogP contribution in [0.15, 0.2) is 48.5 Å². The van der Waals surface area contributed by atoms with Gasteiger partial charge < -0.3 is 14.8 Å². The van der Waals surface area contributed by atoms with Gasteiger partial charge in [-0.15, -0.1) is 0 Å². The van der Waals surface area contributed by atoms with Gasteiger partial charge in [0.15, 0.2) is 5.65 Å². The molecule has 0 amide bonds. The van der Waals surface area contributed by atoms with Gasteiger partial charge in [0.1, 0.15) is 5.75 Å². The number of halogens is 1. The van der Waals surface area contributed by atoms with Crippen LogP contribution >= 0.6 is 11.6 Å². The van der Waals surface area contributed by atoms with Crippen molar-refractivity contribution in [3.8, 4) is 23.0 Å². The molecule has 1 fully saturated rings. The Hall–Kier alpha value is -3.38. The molecule has 0 radical (unpaired) electrons. The average molecular weight is 420 g/mol. The van der Waals surface area contributed by atoms with Crippen molar-refractivity contribution in [3.63, 3.8) is 0 Å². The lowest BCUT2D eigenvalue weighted by Gasteiger charge is -2.05. The van der Waals surface area contributed by atoms with Crippen molar-refractivity contribution in [1.29, 1.82) is 0 Å². The maximum Gasteiger partial charge on any atom is 0.336 e. The summed E-state index contributed by atoms with van der Waals surface area (Å²) in [5.74, 6) is 0.0619. The number of fused-ring (bicyclic) bond motifs is 1. The first-order valence-electron chi connectivity index (χ1n) is 9.66. The zero-order valence-corrected chi connectivity index (χ0v) is 16.9. The summed E-state index contributed by atoms with van der Waals surface area (Å²) in [7, 11) is 0. The van der Waals surface area contributed by atoms with E-state index in [1.54, 1.807) is 25.1 Å². The maximum atomic E-state index is 11.3. The van der Waals surface area contributed by atoms with Gasteiger partial charge >= 0.3 is 12.0 Å². The summed E-state index contributed by atoms with van der Waals surface area (Å²) in [5, 5.41) is 9.80. The highest BCUT2D eigenvalue weighted by Crippen LogP contribution is 2.40. The Morgan fingerprint density at radius 3 is 2.60 bits per heavy atom. The number of hydrogen-bond acceptors (Lipinski definition) is 4. The Bertz CT molecular complexity index is 1280. The van der Waals surface area contributed by atoms with Crippen LogP contribution in [0.4, 0.5) is 0 Å². The Morgan fingerprint density at radius 1 is 1.13 bits per heavy atom. The minimum absolute atomic E-state index is 0.182. The van der Waals surface area contributed by atoms with Gasteiger partial charge in [-0.1, -0.05) is 41.9 Å². The fourth-order valence-electron chi connectivity index (χ4n) is 3.48. The number of aromatic amines is 1. The fraction of sp³-hybridized carbons (Fsp3) is 0.174. The lowest BCUT2D eigenvalue weighted by Crippen LogP contribution is -2.00. The predicted molar refractivity (Wildman–Crippen MR) is 115 cm³/mol. The molecule has 1 saturated carbocycles. The Morgan fingerprint density at radius 2 is 1.90 bits per heavy atom. The van der Waals surface area contributed by atoms with E-state index in [-0.39, 0.29) is 11.6 Å². The quantitative estimate of drug-likeness (QED) is 0.417. The first kappa shape index (κ1) is 18.6. The van der Waals surface area contributed by atoms with E-state index in [0.29, 0.717) is 39.1 Å². The van der Waals surface area contributed by atoms with E-state index < -0.39 is 5.97 Å². The minimum atomic E-state index is -1.01. The molecule has 0 atom stereocenters. The number of pyridine rings is 1. The first-order chi connectivity index (χ1) is 14.5. The monoisotopic (exact) mass is 419 g/mol. The van der Waals surface area contributed by atoms with Crippen LogP contribution in [0.1, 0.15) is 40.2 Å². The molecule has 2 aromatic heterocycles. The van der Waals surface area contributed by atoms with Crippen LogP contribution in [-0.2, 0) is 0 Å². The Balaban J connectivity index is 1.46. The van der Waals surface area contributed by atoms with Gasteiger partial charge in [0.2, 0.25) is 0 Å². The third kappa shape index (κ3) is 3.50. The third-order valence-corrected chi connectivity index (χ3v) is 5.58. The second kappa shape index (κ2) is 7.15. The summed E-state index contributed by atoms with van der Waals surface area (Å²) < 4.78 is 5.73. The molecule has 1 aliphatic rings. The summed E-state index contributed by atoms with van der Waals surface area (Å²) in [6.45, 7) is 1.74. The second-order valence-corrected chi connectivity index (χ2v) is 7.92. The smallest absolute Gasteiger partial charge is 0.336 e. The van der Waals surface area contributed by atoms with Gasteiger partial charge in [0, 0.05) is 5.56 Å². The van der Waals surface area contributed by atoms with Crippen molar-refractivity contribution in [2.45, 2.75) is 25.7 Å². The predicted octanol–water partition coefficient (Wildman–Crippen LogP) is 5.95. The molecule has 1 aliphatic carbocycles. The molecule has 0 aliphatic heterocycles. The van der Waals surface area contributed by atoms with E-state index in [1.807, 2.05) is 12.1 Å². The summed E-state index contributed by atoms with van der Waals surface area (Å²) in [6.07, 6.45) is 2.52. The van der Waals surface area contributed by atoms with Gasteiger partial charge in [-0.05, 0) is 55.0 Å². The van der Waals surface area contributed by atoms with Crippen LogP contribution in [0, 0.1) is 6.92 Å². The zero-order chi connectivity index (χ0) is 20.8. The minimum Gasteiger partial charge on any atom is -0.478 e. The molecule has 6 nitrogen and oxygen atoms in total. The van der Waals surface area contributed by atoms with Crippen molar-refractivity contribution in [2.75, 3.05) is 0 Å². The molecule has 2 N–H and O–H groups in total. The molecule has 4 aromatic rings. The van der Waals surface area contributed by atoms with E-state index in [0.717, 1.165) is 5.56 Å². The number of carboxylic acids is 1. The van der Waals surface area contributed by atoms with Crippen molar-refractivity contribution < 1.29 is 14.6 Å². The molecule has 150 valence electrons. The summed E-state index contributed by atoms with van der Waals surface area (Å²) in [4.78, 5) is 23.4. The molecule has 7 heteroatoms. The summed E-state index contributed by atoms with van der Waals surface area (Å²) >= 11 is 6.48. The van der Waals surface area contributed by atoms with Crippen LogP contribution in [0.5, 0.6) is 11.8 Å². The second-order valence-electron chi connectivity index (χ2n) is 7.51. The highest BCUT2D eigenvalue weighted by Gasteiger charge is 2.23. The van der Waals surface area contributed by atoms with Gasteiger partial charge in [-0.25, -0.2) is 9.78 Å². The number of aromatic nitrogens is 3. The number of nitrogens with zero attached hydrogens (tertiary/aromatic N) is 2. The number of benzene rings is 2.